The highest BCUT2D eigenvalue weighted by molar-refractivity contribution is 7.90. The summed E-state index contributed by atoms with van der Waals surface area (Å²) in [5.74, 6) is -0.963. The fourth-order valence-electron chi connectivity index (χ4n) is 3.47. The lowest BCUT2D eigenvalue weighted by molar-refractivity contribution is 0.0674. The molecule has 1 heterocycles. The molecule has 182 valence electrons. The first-order valence-electron chi connectivity index (χ1n) is 10.7. The highest BCUT2D eigenvalue weighted by Gasteiger charge is 2.26. The minimum atomic E-state index is -3.76. The number of hydrogen-bond acceptors (Lipinski definition) is 6. The smallest absolute Gasteiger partial charge is 0.254 e. The van der Waals surface area contributed by atoms with Gasteiger partial charge in [-0.25, -0.2) is 17.8 Å². The van der Waals surface area contributed by atoms with E-state index in [1.165, 1.54) is 49.6 Å². The largest absolute Gasteiger partial charge is 0.383 e. The lowest BCUT2D eigenvalue weighted by Gasteiger charge is -2.23. The minimum absolute atomic E-state index is 0.0793. The van der Waals surface area contributed by atoms with Crippen molar-refractivity contribution in [2.75, 3.05) is 34.0 Å². The molecule has 34 heavy (non-hydrogen) atoms. The normalized spacial score (nSPS) is 11.5. The van der Waals surface area contributed by atoms with Crippen LogP contribution in [0.5, 0.6) is 0 Å². The Hall–Kier alpha value is -3.08. The summed E-state index contributed by atoms with van der Waals surface area (Å²) in [5.41, 5.74) is 1.51. The third-order valence-electron chi connectivity index (χ3n) is 5.19. The van der Waals surface area contributed by atoms with Crippen molar-refractivity contribution in [3.05, 3.63) is 83.4 Å². The van der Waals surface area contributed by atoms with Crippen LogP contribution in [0.2, 0.25) is 0 Å². The van der Waals surface area contributed by atoms with Crippen LogP contribution in [0.25, 0.3) is 0 Å². The molecule has 3 aromatic rings. The highest BCUT2D eigenvalue weighted by atomic mass is 32.2. The molecule has 1 aromatic heterocycles. The minimum Gasteiger partial charge on any atom is -0.383 e. The molecule has 0 spiro atoms. The Labute approximate surface area is 198 Å². The van der Waals surface area contributed by atoms with Crippen LogP contribution in [-0.2, 0) is 38.2 Å². The van der Waals surface area contributed by atoms with Gasteiger partial charge in [0, 0.05) is 32.9 Å². The lowest BCUT2D eigenvalue weighted by atomic mass is 10.2. The van der Waals surface area contributed by atoms with Crippen molar-refractivity contribution >= 4 is 15.7 Å². The van der Waals surface area contributed by atoms with E-state index in [1.807, 2.05) is 6.07 Å². The fourth-order valence-corrected chi connectivity index (χ4v) is 4.99. The van der Waals surface area contributed by atoms with Gasteiger partial charge >= 0.3 is 0 Å². The Balaban J connectivity index is 1.92. The van der Waals surface area contributed by atoms with Crippen molar-refractivity contribution in [2.24, 2.45) is 0 Å². The molecule has 0 bridgehead atoms. The van der Waals surface area contributed by atoms with Crippen molar-refractivity contribution in [3.8, 4) is 0 Å². The maximum atomic E-state index is 13.3. The summed E-state index contributed by atoms with van der Waals surface area (Å²) in [6.45, 7) is 1.14. The first kappa shape index (κ1) is 25.5. The van der Waals surface area contributed by atoms with E-state index in [4.69, 9.17) is 9.47 Å². The summed E-state index contributed by atoms with van der Waals surface area (Å²) in [6, 6.07) is 14.1. The van der Waals surface area contributed by atoms with E-state index in [1.54, 1.807) is 28.8 Å². The van der Waals surface area contributed by atoms with Gasteiger partial charge in [-0.2, -0.15) is 0 Å². The molecule has 0 N–H and O–H groups in total. The predicted octanol–water partition coefficient (Wildman–Crippen LogP) is 2.93. The summed E-state index contributed by atoms with van der Waals surface area (Å²) >= 11 is 0. The number of aromatic nitrogens is 2. The molecule has 0 atom stereocenters. The number of imidazole rings is 1. The van der Waals surface area contributed by atoms with E-state index < -0.39 is 15.7 Å². The molecule has 3 rings (SSSR count). The van der Waals surface area contributed by atoms with Crippen molar-refractivity contribution in [1.82, 2.24) is 14.5 Å². The summed E-state index contributed by atoms with van der Waals surface area (Å²) in [7, 11) is -0.706. The standard InChI is InChI=1S/C24H28FN3O5S/c1-32-14-12-27(23(29)20-8-10-21(25)11-9-20)17-22-16-26-24(28(22)13-15-33-2)34(30,31)18-19-6-4-3-5-7-19/h3-11,16H,12-15,17-18H2,1-2H3. The molecule has 0 saturated carbocycles. The van der Waals surface area contributed by atoms with Gasteiger partial charge in [0.15, 0.2) is 0 Å². The molecule has 0 radical (unpaired) electrons. The molecule has 8 nitrogen and oxygen atoms in total. The van der Waals surface area contributed by atoms with Crippen molar-refractivity contribution in [2.45, 2.75) is 24.0 Å². The molecule has 0 aliphatic rings. The molecule has 0 fully saturated rings. The number of ether oxygens (including phenoxy) is 2. The molecule has 0 aliphatic carbocycles. The van der Waals surface area contributed by atoms with Gasteiger partial charge in [0.1, 0.15) is 5.82 Å². The maximum absolute atomic E-state index is 13.3. The van der Waals surface area contributed by atoms with E-state index in [0.717, 1.165) is 0 Å². The first-order chi connectivity index (χ1) is 16.4. The van der Waals surface area contributed by atoms with Gasteiger partial charge in [0.25, 0.3) is 5.91 Å². The average Bonchev–Trinajstić information content (AvgIpc) is 3.24. The molecular weight excluding hydrogens is 461 g/mol. The van der Waals surface area contributed by atoms with Crippen LogP contribution in [0.3, 0.4) is 0 Å². The van der Waals surface area contributed by atoms with E-state index >= 15 is 0 Å². The van der Waals surface area contributed by atoms with Crippen molar-refractivity contribution < 1.29 is 27.1 Å². The molecule has 0 saturated heterocycles. The van der Waals surface area contributed by atoms with Crippen LogP contribution in [0, 0.1) is 5.82 Å². The molecule has 1 amide bonds. The van der Waals surface area contributed by atoms with Gasteiger partial charge in [-0.05, 0) is 29.8 Å². The summed E-state index contributed by atoms with van der Waals surface area (Å²) < 4.78 is 51.6. The zero-order valence-corrected chi connectivity index (χ0v) is 20.0. The van der Waals surface area contributed by atoms with Gasteiger partial charge < -0.3 is 18.9 Å². The first-order valence-corrected chi connectivity index (χ1v) is 12.3. The number of methoxy groups -OCH3 is 2. The Morgan fingerprint density at radius 3 is 2.35 bits per heavy atom. The van der Waals surface area contributed by atoms with E-state index in [-0.39, 0.29) is 49.7 Å². The Bertz CT molecular complexity index is 1180. The zero-order valence-electron chi connectivity index (χ0n) is 19.2. The van der Waals surface area contributed by atoms with Crippen LogP contribution >= 0.6 is 0 Å². The monoisotopic (exact) mass is 489 g/mol. The van der Waals surface area contributed by atoms with Gasteiger partial charge in [0.2, 0.25) is 15.0 Å². The topological polar surface area (TPSA) is 90.7 Å². The predicted molar refractivity (Wildman–Crippen MR) is 124 cm³/mol. The number of carbonyl (C=O) groups excluding carboxylic acids is 1. The second kappa shape index (κ2) is 11.9. The van der Waals surface area contributed by atoms with Crippen LogP contribution < -0.4 is 0 Å². The molecule has 10 heteroatoms. The lowest BCUT2D eigenvalue weighted by Crippen LogP contribution is -2.34. The number of hydrogen-bond donors (Lipinski definition) is 0. The molecular formula is C24H28FN3O5S. The van der Waals surface area contributed by atoms with Crippen LogP contribution in [0.15, 0.2) is 66.0 Å². The summed E-state index contributed by atoms with van der Waals surface area (Å²) in [4.78, 5) is 18.8. The van der Waals surface area contributed by atoms with Crippen LogP contribution in [-0.4, -0.2) is 62.8 Å². The van der Waals surface area contributed by atoms with E-state index in [9.17, 15) is 17.6 Å². The van der Waals surface area contributed by atoms with Crippen LogP contribution in [0.1, 0.15) is 21.6 Å². The quantitative estimate of drug-likeness (QED) is 0.389. The number of carbonyl (C=O) groups is 1. The Morgan fingerprint density at radius 1 is 1.03 bits per heavy atom. The third-order valence-corrected chi connectivity index (χ3v) is 6.79. The number of nitrogens with zero attached hydrogens (tertiary/aromatic N) is 3. The number of sulfone groups is 1. The fraction of sp³-hybridized carbons (Fsp3) is 0.333. The van der Waals surface area contributed by atoms with E-state index in [0.29, 0.717) is 16.8 Å². The van der Waals surface area contributed by atoms with Crippen LogP contribution in [0.4, 0.5) is 4.39 Å². The number of benzene rings is 2. The highest BCUT2D eigenvalue weighted by Crippen LogP contribution is 2.20. The van der Waals surface area contributed by atoms with Gasteiger partial charge in [0.05, 0.1) is 37.4 Å². The van der Waals surface area contributed by atoms with Crippen molar-refractivity contribution in [3.63, 3.8) is 0 Å². The van der Waals surface area contributed by atoms with Gasteiger partial charge in [-0.1, -0.05) is 30.3 Å². The zero-order chi connectivity index (χ0) is 24.6. The maximum Gasteiger partial charge on any atom is 0.254 e. The van der Waals surface area contributed by atoms with Crippen molar-refractivity contribution in [1.29, 1.82) is 0 Å². The SMILES string of the molecule is COCCN(Cc1cnc(S(=O)(=O)Cc2ccccc2)n1CCOC)C(=O)c1ccc(F)cc1. The third kappa shape index (κ3) is 6.49. The van der Waals surface area contributed by atoms with E-state index in [2.05, 4.69) is 4.98 Å². The summed E-state index contributed by atoms with van der Waals surface area (Å²) in [5, 5.41) is -0.0793. The second-order valence-corrected chi connectivity index (χ2v) is 9.53. The Morgan fingerprint density at radius 2 is 1.71 bits per heavy atom. The van der Waals surface area contributed by atoms with Gasteiger partial charge in [-0.15, -0.1) is 0 Å². The number of halogens is 1. The molecule has 0 aliphatic heterocycles. The number of rotatable bonds is 12. The van der Waals surface area contributed by atoms with Gasteiger partial charge in [-0.3, -0.25) is 4.79 Å². The average molecular weight is 490 g/mol. The second-order valence-electron chi connectivity index (χ2n) is 7.65. The molecule has 2 aromatic carbocycles. The molecule has 0 unspecified atom stereocenters. The summed E-state index contributed by atoms with van der Waals surface area (Å²) in [6.07, 6.45) is 1.46. The number of amides is 1. The Kier molecular flexibility index (Phi) is 8.91.